The molecule has 0 aliphatic rings. The van der Waals surface area contributed by atoms with Crippen LogP contribution in [0.4, 0.5) is 0 Å². The lowest BCUT2D eigenvalue weighted by molar-refractivity contribution is 0.473. The van der Waals surface area contributed by atoms with E-state index in [0.29, 0.717) is 5.58 Å². The molecule has 0 atom stereocenters. The van der Waals surface area contributed by atoms with Crippen LogP contribution in [-0.4, -0.2) is 24.1 Å². The molecule has 0 spiro atoms. The highest BCUT2D eigenvalue weighted by atomic mass is 16.4. The Morgan fingerprint density at radius 3 is 2.74 bits per heavy atom. The molecule has 98 valence electrons. The Hall–Kier alpha value is -2.49. The summed E-state index contributed by atoms with van der Waals surface area (Å²) in [5.41, 5.74) is 0.702. The third-order valence-corrected chi connectivity index (χ3v) is 2.53. The van der Waals surface area contributed by atoms with Gasteiger partial charge in [0.25, 0.3) is 0 Å². The maximum absolute atomic E-state index is 11.4. The molecule has 0 aliphatic heterocycles. The van der Waals surface area contributed by atoms with Crippen molar-refractivity contribution >= 4 is 17.0 Å². The monoisotopic (exact) mass is 257 g/mol. The molecule has 0 amide bonds. The van der Waals surface area contributed by atoms with E-state index in [1.54, 1.807) is 12.1 Å². The molecule has 0 saturated heterocycles. The smallest absolute Gasteiger partial charge is 0.336 e. The zero-order chi connectivity index (χ0) is 13.8. The van der Waals surface area contributed by atoms with Crippen molar-refractivity contribution in [2.45, 2.75) is 0 Å². The second-order valence-electron chi connectivity index (χ2n) is 4.37. The zero-order valence-corrected chi connectivity index (χ0v) is 10.8. The number of allylic oxidation sites excluding steroid dienone is 2. The summed E-state index contributed by atoms with van der Waals surface area (Å²) in [4.78, 5) is 13.4. The number of phenols is 1. The largest absolute Gasteiger partial charge is 0.508 e. The Bertz CT molecular complexity index is 696. The lowest BCUT2D eigenvalue weighted by Crippen LogP contribution is -1.99. The van der Waals surface area contributed by atoms with Gasteiger partial charge in [-0.3, -0.25) is 0 Å². The lowest BCUT2D eigenvalue weighted by atomic mass is 10.1. The first kappa shape index (κ1) is 13.0. The van der Waals surface area contributed by atoms with Gasteiger partial charge in [-0.15, -0.1) is 0 Å². The first-order valence-electron chi connectivity index (χ1n) is 5.84. The van der Waals surface area contributed by atoms with E-state index in [9.17, 15) is 9.90 Å². The molecule has 19 heavy (non-hydrogen) atoms. The second-order valence-corrected chi connectivity index (χ2v) is 4.37. The van der Waals surface area contributed by atoms with Gasteiger partial charge in [-0.25, -0.2) is 4.79 Å². The van der Waals surface area contributed by atoms with Gasteiger partial charge in [0.2, 0.25) is 0 Å². The number of nitrogens with zero attached hydrogens (tertiary/aromatic N) is 1. The quantitative estimate of drug-likeness (QED) is 0.678. The van der Waals surface area contributed by atoms with Crippen molar-refractivity contribution in [3.05, 3.63) is 58.6 Å². The standard InChI is InChI=1S/C15H15NO3/c1-16(2)8-4-3-5-11-9-15(18)19-14-10-12(17)6-7-13(11)14/h3-10,17H,1-2H3/b5-3+,8-4+. The summed E-state index contributed by atoms with van der Waals surface area (Å²) in [6.07, 6.45) is 7.45. The molecule has 0 bridgehead atoms. The number of aromatic hydroxyl groups is 1. The fourth-order valence-electron chi connectivity index (χ4n) is 1.70. The van der Waals surface area contributed by atoms with Gasteiger partial charge in [-0.2, -0.15) is 0 Å². The van der Waals surface area contributed by atoms with Crippen LogP contribution in [-0.2, 0) is 0 Å². The Balaban J connectivity index is 2.45. The fraction of sp³-hybridized carbons (Fsp3) is 0.133. The lowest BCUT2D eigenvalue weighted by Gasteiger charge is -2.02. The van der Waals surface area contributed by atoms with Gasteiger partial charge in [-0.1, -0.05) is 12.2 Å². The van der Waals surface area contributed by atoms with Crippen molar-refractivity contribution in [3.8, 4) is 5.75 Å². The van der Waals surface area contributed by atoms with Crippen molar-refractivity contribution < 1.29 is 9.52 Å². The fourth-order valence-corrected chi connectivity index (χ4v) is 1.70. The third-order valence-electron chi connectivity index (χ3n) is 2.53. The Morgan fingerprint density at radius 1 is 1.21 bits per heavy atom. The number of benzene rings is 1. The molecule has 4 nitrogen and oxygen atoms in total. The van der Waals surface area contributed by atoms with Crippen LogP contribution in [0.1, 0.15) is 5.56 Å². The summed E-state index contributed by atoms with van der Waals surface area (Å²) < 4.78 is 5.05. The van der Waals surface area contributed by atoms with E-state index in [1.165, 1.54) is 12.1 Å². The number of rotatable bonds is 3. The van der Waals surface area contributed by atoms with E-state index in [2.05, 4.69) is 0 Å². The van der Waals surface area contributed by atoms with Gasteiger partial charge in [0.1, 0.15) is 11.3 Å². The van der Waals surface area contributed by atoms with E-state index < -0.39 is 5.63 Å². The number of fused-ring (bicyclic) bond motifs is 1. The average Bonchev–Trinajstić information content (AvgIpc) is 2.33. The predicted molar refractivity (Wildman–Crippen MR) is 76.0 cm³/mol. The van der Waals surface area contributed by atoms with Gasteiger partial charge in [0, 0.05) is 31.6 Å². The highest BCUT2D eigenvalue weighted by Gasteiger charge is 2.03. The summed E-state index contributed by atoms with van der Waals surface area (Å²) in [6.45, 7) is 0. The molecule has 1 heterocycles. The van der Waals surface area contributed by atoms with Crippen LogP contribution in [0.15, 0.2) is 51.8 Å². The molecule has 0 unspecified atom stereocenters. The molecule has 1 N–H and O–H groups in total. The number of phenolic OH excluding ortho intramolecular Hbond substituents is 1. The molecule has 2 aromatic rings. The van der Waals surface area contributed by atoms with Crippen molar-refractivity contribution in [1.82, 2.24) is 4.90 Å². The van der Waals surface area contributed by atoms with E-state index in [0.717, 1.165) is 10.9 Å². The molecule has 2 rings (SSSR count). The van der Waals surface area contributed by atoms with Crippen LogP contribution in [0.25, 0.3) is 17.0 Å². The van der Waals surface area contributed by atoms with Crippen molar-refractivity contribution in [3.63, 3.8) is 0 Å². The summed E-state index contributed by atoms with van der Waals surface area (Å²) in [5.74, 6) is 0.0734. The van der Waals surface area contributed by atoms with E-state index >= 15 is 0 Å². The topological polar surface area (TPSA) is 53.7 Å². The second kappa shape index (κ2) is 5.44. The molecule has 0 fully saturated rings. The SMILES string of the molecule is CN(C)/C=C/C=C/c1cc(=O)oc2cc(O)ccc12. The predicted octanol–water partition coefficient (Wildman–Crippen LogP) is 2.59. The molecule has 1 aromatic heterocycles. The third kappa shape index (κ3) is 3.25. The van der Waals surface area contributed by atoms with Crippen molar-refractivity contribution in [2.75, 3.05) is 14.1 Å². The molecule has 1 aromatic carbocycles. The Morgan fingerprint density at radius 2 is 2.00 bits per heavy atom. The minimum Gasteiger partial charge on any atom is -0.508 e. The minimum atomic E-state index is -0.436. The summed E-state index contributed by atoms with van der Waals surface area (Å²) in [5, 5.41) is 10.2. The summed E-state index contributed by atoms with van der Waals surface area (Å²) in [6, 6.07) is 6.15. The van der Waals surface area contributed by atoms with Crippen LogP contribution >= 0.6 is 0 Å². The van der Waals surface area contributed by atoms with Crippen LogP contribution in [0.5, 0.6) is 5.75 Å². The highest BCUT2D eigenvalue weighted by Crippen LogP contribution is 2.22. The van der Waals surface area contributed by atoms with E-state index in [-0.39, 0.29) is 5.75 Å². The normalized spacial score (nSPS) is 11.7. The number of hydrogen-bond acceptors (Lipinski definition) is 4. The first-order chi connectivity index (χ1) is 9.06. The molecule has 4 heteroatoms. The number of hydrogen-bond donors (Lipinski definition) is 1. The van der Waals surface area contributed by atoms with Crippen LogP contribution < -0.4 is 5.63 Å². The van der Waals surface area contributed by atoms with Gasteiger partial charge in [-0.05, 0) is 30.0 Å². The van der Waals surface area contributed by atoms with E-state index in [1.807, 2.05) is 43.4 Å². The Labute approximate surface area is 110 Å². The van der Waals surface area contributed by atoms with Gasteiger partial charge < -0.3 is 14.4 Å². The van der Waals surface area contributed by atoms with Crippen LogP contribution in [0, 0.1) is 0 Å². The average molecular weight is 257 g/mol. The molecule has 0 saturated carbocycles. The van der Waals surface area contributed by atoms with E-state index in [4.69, 9.17) is 4.42 Å². The van der Waals surface area contributed by atoms with Crippen molar-refractivity contribution in [1.29, 1.82) is 0 Å². The first-order valence-corrected chi connectivity index (χ1v) is 5.84. The maximum Gasteiger partial charge on any atom is 0.336 e. The van der Waals surface area contributed by atoms with Gasteiger partial charge in [0.15, 0.2) is 0 Å². The summed E-state index contributed by atoms with van der Waals surface area (Å²) in [7, 11) is 3.86. The molecular weight excluding hydrogens is 242 g/mol. The highest BCUT2D eigenvalue weighted by molar-refractivity contribution is 5.87. The summed E-state index contributed by atoms with van der Waals surface area (Å²) >= 11 is 0. The Kier molecular flexibility index (Phi) is 3.71. The molecule has 0 aliphatic carbocycles. The minimum absolute atomic E-state index is 0.0734. The maximum atomic E-state index is 11.4. The zero-order valence-electron chi connectivity index (χ0n) is 10.8. The van der Waals surface area contributed by atoms with Crippen LogP contribution in [0.3, 0.4) is 0 Å². The molecular formula is C15H15NO3. The van der Waals surface area contributed by atoms with Crippen LogP contribution in [0.2, 0.25) is 0 Å². The molecule has 0 radical (unpaired) electrons. The van der Waals surface area contributed by atoms with Crippen molar-refractivity contribution in [2.24, 2.45) is 0 Å². The van der Waals surface area contributed by atoms with Gasteiger partial charge >= 0.3 is 5.63 Å². The van der Waals surface area contributed by atoms with Gasteiger partial charge in [0.05, 0.1) is 0 Å².